The van der Waals surface area contributed by atoms with Crippen LogP contribution in [0.5, 0.6) is 0 Å². The Morgan fingerprint density at radius 1 is 1.14 bits per heavy atom. The Kier molecular flexibility index (Phi) is 6.26. The van der Waals surface area contributed by atoms with Crippen LogP contribution in [-0.2, 0) is 5.41 Å². The van der Waals surface area contributed by atoms with Crippen molar-refractivity contribution >= 4 is 11.7 Å². The molecule has 0 bridgehead atoms. The van der Waals surface area contributed by atoms with Crippen molar-refractivity contribution in [3.05, 3.63) is 65.9 Å². The largest absolute Gasteiger partial charge is 0.423 e. The van der Waals surface area contributed by atoms with E-state index in [2.05, 4.69) is 52.1 Å². The molecule has 1 aromatic heterocycles. The van der Waals surface area contributed by atoms with Gasteiger partial charge in [0.1, 0.15) is 0 Å². The Hall–Kier alpha value is -2.83. The van der Waals surface area contributed by atoms with Crippen molar-refractivity contribution < 1.29 is 9.52 Å². The van der Waals surface area contributed by atoms with Crippen LogP contribution in [0.25, 0.3) is 11.3 Å². The van der Waals surface area contributed by atoms with Crippen molar-refractivity contribution in [3.63, 3.8) is 0 Å². The molecular formula is C30H38N4O2. The van der Waals surface area contributed by atoms with Crippen LogP contribution in [0.1, 0.15) is 37.3 Å². The zero-order valence-corrected chi connectivity index (χ0v) is 21.5. The molecule has 2 fully saturated rings. The summed E-state index contributed by atoms with van der Waals surface area (Å²) in [6.07, 6.45) is 4.61. The molecular weight excluding hydrogens is 448 g/mol. The number of aliphatic hydroxyl groups is 1. The number of nitrogens with one attached hydrogen (secondary N) is 1. The maximum atomic E-state index is 11.2. The molecule has 2 aromatic carbocycles. The van der Waals surface area contributed by atoms with Crippen LogP contribution in [0.15, 0.2) is 59.1 Å². The van der Waals surface area contributed by atoms with Crippen LogP contribution in [0.2, 0.25) is 0 Å². The second-order valence-corrected chi connectivity index (χ2v) is 11.2. The van der Waals surface area contributed by atoms with Gasteiger partial charge in [-0.25, -0.2) is 4.98 Å². The van der Waals surface area contributed by atoms with Crippen LogP contribution in [-0.4, -0.2) is 60.4 Å². The van der Waals surface area contributed by atoms with Gasteiger partial charge in [-0.2, -0.15) is 0 Å². The van der Waals surface area contributed by atoms with Gasteiger partial charge in [-0.15, -0.1) is 0 Å². The van der Waals surface area contributed by atoms with Gasteiger partial charge in [0.05, 0.1) is 12.3 Å². The first-order valence-electron chi connectivity index (χ1n) is 13.5. The quantitative estimate of drug-likeness (QED) is 0.533. The summed E-state index contributed by atoms with van der Waals surface area (Å²) in [6, 6.07) is 17.7. The van der Waals surface area contributed by atoms with E-state index in [1.165, 1.54) is 16.8 Å². The fraction of sp³-hybridized carbons (Fsp3) is 0.500. The summed E-state index contributed by atoms with van der Waals surface area (Å²) in [6.45, 7) is 10.2. The molecule has 2 N–H and O–H groups in total. The second-order valence-electron chi connectivity index (χ2n) is 11.2. The molecule has 6 nitrogen and oxygen atoms in total. The highest BCUT2D eigenvalue weighted by molar-refractivity contribution is 5.62. The number of piperidine rings is 2. The smallest absolute Gasteiger partial charge is 0.297 e. The zero-order valence-electron chi connectivity index (χ0n) is 21.5. The van der Waals surface area contributed by atoms with Crippen molar-refractivity contribution in [1.82, 2.24) is 9.88 Å². The van der Waals surface area contributed by atoms with Crippen molar-refractivity contribution in [3.8, 4) is 11.3 Å². The molecule has 36 heavy (non-hydrogen) atoms. The van der Waals surface area contributed by atoms with E-state index in [4.69, 9.17) is 4.42 Å². The first-order valence-corrected chi connectivity index (χ1v) is 13.5. The van der Waals surface area contributed by atoms with Gasteiger partial charge >= 0.3 is 0 Å². The third-order valence-electron chi connectivity index (χ3n) is 9.01. The third kappa shape index (κ3) is 4.31. The summed E-state index contributed by atoms with van der Waals surface area (Å²) in [7, 11) is 0. The number of fused-ring (bicyclic) bond motifs is 2. The van der Waals surface area contributed by atoms with Crippen LogP contribution in [0, 0.1) is 18.8 Å². The minimum absolute atomic E-state index is 0.227. The number of aromatic nitrogens is 1. The molecule has 3 atom stereocenters. The van der Waals surface area contributed by atoms with E-state index in [0.717, 1.165) is 69.9 Å². The third-order valence-corrected chi connectivity index (χ3v) is 9.01. The normalized spacial score (nSPS) is 25.6. The second kappa shape index (κ2) is 9.56. The first kappa shape index (κ1) is 23.6. The van der Waals surface area contributed by atoms with Gasteiger partial charge in [-0.3, -0.25) is 0 Å². The van der Waals surface area contributed by atoms with Gasteiger partial charge in [0, 0.05) is 49.4 Å². The molecule has 3 aliphatic heterocycles. The first-order chi connectivity index (χ1) is 17.5. The van der Waals surface area contributed by atoms with Gasteiger partial charge in [0.2, 0.25) is 0 Å². The van der Waals surface area contributed by atoms with E-state index in [1.807, 2.05) is 36.5 Å². The Balaban J connectivity index is 1.02. The molecule has 6 heteroatoms. The lowest BCUT2D eigenvalue weighted by Gasteiger charge is -2.46. The van der Waals surface area contributed by atoms with Crippen LogP contribution in [0.3, 0.4) is 0 Å². The molecule has 1 spiro atoms. The van der Waals surface area contributed by atoms with Crippen molar-refractivity contribution in [2.45, 2.75) is 44.6 Å². The molecule has 3 aromatic rings. The number of aliphatic hydroxyl groups excluding tert-OH is 1. The summed E-state index contributed by atoms with van der Waals surface area (Å²) in [5, 5.41) is 14.8. The van der Waals surface area contributed by atoms with Crippen molar-refractivity contribution in [2.24, 2.45) is 11.8 Å². The summed E-state index contributed by atoms with van der Waals surface area (Å²) >= 11 is 0. The van der Waals surface area contributed by atoms with Crippen molar-refractivity contribution in [2.75, 3.05) is 49.5 Å². The van der Waals surface area contributed by atoms with Gasteiger partial charge in [0.25, 0.3) is 6.01 Å². The number of nitrogens with zero attached hydrogens (tertiary/aromatic N) is 3. The summed E-state index contributed by atoms with van der Waals surface area (Å²) in [5.41, 5.74) is 5.41. The molecule has 1 unspecified atom stereocenters. The van der Waals surface area contributed by atoms with Gasteiger partial charge < -0.3 is 24.6 Å². The lowest BCUT2D eigenvalue weighted by molar-refractivity contribution is 0.0242. The van der Waals surface area contributed by atoms with Gasteiger partial charge in [-0.05, 0) is 61.8 Å². The molecule has 0 saturated carbocycles. The predicted molar refractivity (Wildman–Crippen MR) is 144 cm³/mol. The van der Waals surface area contributed by atoms with Crippen LogP contribution < -0.4 is 10.2 Å². The SMILES string of the molecule is Cc1ccc2c(c1)NCC21CCN(C[C@@H](O)C2CCN(c3ncc(-c4ccccc4)o3)CC2)C[C@@H]1C. The monoisotopic (exact) mass is 486 g/mol. The van der Waals surface area contributed by atoms with E-state index in [-0.39, 0.29) is 11.5 Å². The van der Waals surface area contributed by atoms with E-state index in [9.17, 15) is 5.11 Å². The fourth-order valence-electron chi connectivity index (χ4n) is 6.71. The number of hydrogen-bond acceptors (Lipinski definition) is 6. The lowest BCUT2D eigenvalue weighted by Crippen LogP contribution is -2.52. The van der Waals surface area contributed by atoms with Crippen LogP contribution >= 0.6 is 0 Å². The molecule has 190 valence electrons. The minimum atomic E-state index is -0.283. The highest BCUT2D eigenvalue weighted by atomic mass is 16.4. The molecule has 4 heterocycles. The van der Waals surface area contributed by atoms with E-state index in [0.29, 0.717) is 17.9 Å². The van der Waals surface area contributed by atoms with E-state index in [1.54, 1.807) is 0 Å². The average molecular weight is 487 g/mol. The summed E-state index contributed by atoms with van der Waals surface area (Å²) < 4.78 is 6.05. The predicted octanol–water partition coefficient (Wildman–Crippen LogP) is 4.93. The molecule has 0 amide bonds. The number of benzene rings is 2. The lowest BCUT2D eigenvalue weighted by atomic mass is 9.67. The van der Waals surface area contributed by atoms with E-state index >= 15 is 0 Å². The number of aryl methyl sites for hydroxylation is 1. The Bertz CT molecular complexity index is 1190. The molecule has 3 aliphatic rings. The molecule has 0 aliphatic carbocycles. The average Bonchev–Trinajstić information content (AvgIpc) is 3.53. The Morgan fingerprint density at radius 3 is 2.72 bits per heavy atom. The number of anilines is 2. The van der Waals surface area contributed by atoms with Crippen LogP contribution in [0.4, 0.5) is 11.7 Å². The minimum Gasteiger partial charge on any atom is -0.423 e. The topological polar surface area (TPSA) is 64.8 Å². The zero-order chi connectivity index (χ0) is 24.7. The molecule has 0 radical (unpaired) electrons. The Labute approximate surface area is 214 Å². The number of oxazole rings is 1. The summed E-state index contributed by atoms with van der Waals surface area (Å²) in [4.78, 5) is 9.24. The number of rotatable bonds is 5. The number of β-amino-alcohol motifs (C(OH)–C–C–N with tert-alkyl or cyclic N) is 1. The standard InChI is InChI=1S/C30H38N4O2/c1-21-8-9-25-26(16-21)32-20-30(25)12-15-33(18-22(30)2)19-27(35)23-10-13-34(14-11-23)29-31-17-28(36-29)24-6-4-3-5-7-24/h3-9,16-17,22-23,27,32,35H,10-15,18-20H2,1-2H3/t22-,27+,30?/m0/s1. The maximum Gasteiger partial charge on any atom is 0.297 e. The van der Waals surface area contributed by atoms with Crippen molar-refractivity contribution in [1.29, 1.82) is 0 Å². The molecule has 2 saturated heterocycles. The van der Waals surface area contributed by atoms with Gasteiger partial charge in [0.15, 0.2) is 5.76 Å². The highest BCUT2D eigenvalue weighted by Crippen LogP contribution is 2.47. The Morgan fingerprint density at radius 2 is 1.94 bits per heavy atom. The highest BCUT2D eigenvalue weighted by Gasteiger charge is 2.46. The van der Waals surface area contributed by atoms with E-state index < -0.39 is 0 Å². The number of hydrogen-bond donors (Lipinski definition) is 2. The maximum absolute atomic E-state index is 11.2. The summed E-state index contributed by atoms with van der Waals surface area (Å²) in [5.74, 6) is 1.69. The fourth-order valence-corrected chi connectivity index (χ4v) is 6.71. The number of likely N-dealkylation sites (tertiary alicyclic amines) is 1. The molecule has 6 rings (SSSR count). The van der Waals surface area contributed by atoms with Gasteiger partial charge in [-0.1, -0.05) is 49.4 Å².